The number of aliphatic hydroxyl groups is 1. The molecule has 242 valence electrons. The third-order valence-electron chi connectivity index (χ3n) is 8.27. The number of likely N-dealkylation sites (tertiary alicyclic amines) is 1. The van der Waals surface area contributed by atoms with Crippen LogP contribution in [0.4, 0.5) is 22.0 Å². The standard InChI is InChI=1S/C35H43N7O4/c1-24(43)37-16-20-41(29-9-10-31-28(21-29)14-19-42(31)34(45)36-4)30-11-15-38-32(22-30)39-33(44)27-7-5-25(6-8-27)26-12-17-40(18-13-26)23-35(2,3)46/h5-11,14-15,19,21-22,26,46H,12-13,16-18,20,23H2,1-4H3,(H,36,45)(H,37,43)(H,38,39,44). The van der Waals surface area contributed by atoms with Crippen LogP contribution in [-0.2, 0) is 4.79 Å². The first kappa shape index (κ1) is 32.6. The lowest BCUT2D eigenvalue weighted by Gasteiger charge is -2.35. The predicted molar refractivity (Wildman–Crippen MR) is 181 cm³/mol. The Morgan fingerprint density at radius 3 is 2.39 bits per heavy atom. The Labute approximate surface area is 269 Å². The van der Waals surface area contributed by atoms with Gasteiger partial charge in [-0.2, -0.15) is 0 Å². The molecule has 3 amide bonds. The van der Waals surface area contributed by atoms with Gasteiger partial charge in [0.25, 0.3) is 5.91 Å². The summed E-state index contributed by atoms with van der Waals surface area (Å²) in [5.74, 6) is 0.460. The minimum absolute atomic E-state index is 0.122. The number of fused-ring (bicyclic) bond motifs is 1. The van der Waals surface area contributed by atoms with Gasteiger partial charge in [0.15, 0.2) is 0 Å². The van der Waals surface area contributed by atoms with E-state index in [0.29, 0.717) is 36.9 Å². The predicted octanol–water partition coefficient (Wildman–Crippen LogP) is 4.70. The molecule has 11 heteroatoms. The molecule has 2 aromatic carbocycles. The van der Waals surface area contributed by atoms with Gasteiger partial charge in [-0.3, -0.25) is 14.2 Å². The van der Waals surface area contributed by atoms with Crippen molar-refractivity contribution in [2.75, 3.05) is 50.0 Å². The number of nitrogens with zero attached hydrogens (tertiary/aromatic N) is 4. The fourth-order valence-corrected chi connectivity index (χ4v) is 6.07. The van der Waals surface area contributed by atoms with Crippen molar-refractivity contribution < 1.29 is 19.5 Å². The zero-order chi connectivity index (χ0) is 32.8. The topological polar surface area (TPSA) is 132 Å². The third-order valence-corrected chi connectivity index (χ3v) is 8.27. The summed E-state index contributed by atoms with van der Waals surface area (Å²) in [5.41, 5.74) is 3.48. The van der Waals surface area contributed by atoms with E-state index in [1.807, 2.05) is 73.3 Å². The summed E-state index contributed by atoms with van der Waals surface area (Å²) in [4.78, 5) is 45.8. The Balaban J connectivity index is 1.29. The van der Waals surface area contributed by atoms with Crippen molar-refractivity contribution in [3.63, 3.8) is 0 Å². The van der Waals surface area contributed by atoms with Crippen LogP contribution in [-0.4, -0.2) is 82.8 Å². The normalized spacial score (nSPS) is 14.2. The number of rotatable bonds is 10. The molecular formula is C35H43N7O4. The van der Waals surface area contributed by atoms with E-state index in [1.165, 1.54) is 12.5 Å². The molecule has 1 aliphatic heterocycles. The molecule has 4 N–H and O–H groups in total. The molecule has 5 rings (SSSR count). The Hall–Kier alpha value is -4.74. The monoisotopic (exact) mass is 625 g/mol. The maximum Gasteiger partial charge on any atom is 0.325 e. The lowest BCUT2D eigenvalue weighted by atomic mass is 9.88. The van der Waals surface area contributed by atoms with Crippen LogP contribution in [0.3, 0.4) is 0 Å². The van der Waals surface area contributed by atoms with E-state index < -0.39 is 5.60 Å². The molecular weight excluding hydrogens is 582 g/mol. The molecule has 2 aromatic heterocycles. The SMILES string of the molecule is CNC(=O)n1ccc2cc(N(CCNC(C)=O)c3ccnc(NC(=O)c4ccc(C5CCN(CC(C)(C)O)CC5)cc4)c3)ccc21. The number of pyridine rings is 1. The molecule has 3 heterocycles. The summed E-state index contributed by atoms with van der Waals surface area (Å²) in [5, 5.41) is 19.4. The number of hydrogen-bond acceptors (Lipinski definition) is 7. The highest BCUT2D eigenvalue weighted by Gasteiger charge is 2.25. The highest BCUT2D eigenvalue weighted by Crippen LogP contribution is 2.31. The third kappa shape index (κ3) is 8.09. The summed E-state index contributed by atoms with van der Waals surface area (Å²) in [6.45, 7) is 8.59. The van der Waals surface area contributed by atoms with E-state index in [1.54, 1.807) is 30.1 Å². The minimum atomic E-state index is -0.697. The maximum atomic E-state index is 13.2. The van der Waals surface area contributed by atoms with Crippen LogP contribution >= 0.6 is 0 Å². The molecule has 1 aliphatic rings. The van der Waals surface area contributed by atoms with Gasteiger partial charge >= 0.3 is 6.03 Å². The molecule has 0 unspecified atom stereocenters. The number of carbonyl (C=O) groups is 3. The van der Waals surface area contributed by atoms with Gasteiger partial charge in [-0.15, -0.1) is 0 Å². The molecule has 0 aliphatic carbocycles. The highest BCUT2D eigenvalue weighted by atomic mass is 16.3. The summed E-state index contributed by atoms with van der Waals surface area (Å²) in [7, 11) is 1.59. The number of hydrogen-bond donors (Lipinski definition) is 4. The quantitative estimate of drug-likeness (QED) is 0.201. The molecule has 46 heavy (non-hydrogen) atoms. The van der Waals surface area contributed by atoms with Gasteiger partial charge in [0.1, 0.15) is 5.82 Å². The number of piperidine rings is 1. The Morgan fingerprint density at radius 2 is 1.72 bits per heavy atom. The smallest absolute Gasteiger partial charge is 0.325 e. The molecule has 1 saturated heterocycles. The van der Waals surface area contributed by atoms with Crippen molar-refractivity contribution >= 4 is 45.9 Å². The van der Waals surface area contributed by atoms with E-state index in [-0.39, 0.29) is 17.8 Å². The molecule has 4 aromatic rings. The van der Waals surface area contributed by atoms with Gasteiger partial charge in [0.2, 0.25) is 5.91 Å². The Kier molecular flexibility index (Phi) is 10.0. The molecule has 1 fully saturated rings. The summed E-state index contributed by atoms with van der Waals surface area (Å²) in [6.07, 6.45) is 5.40. The van der Waals surface area contributed by atoms with Gasteiger partial charge in [-0.1, -0.05) is 12.1 Å². The minimum Gasteiger partial charge on any atom is -0.389 e. The molecule has 0 bridgehead atoms. The van der Waals surface area contributed by atoms with Crippen LogP contribution in [0, 0.1) is 0 Å². The van der Waals surface area contributed by atoms with E-state index in [9.17, 15) is 19.5 Å². The number of amides is 3. The van der Waals surface area contributed by atoms with Gasteiger partial charge in [-0.25, -0.2) is 9.78 Å². The number of carbonyl (C=O) groups excluding carboxylic acids is 3. The van der Waals surface area contributed by atoms with Gasteiger partial charge in [0.05, 0.1) is 11.1 Å². The average molecular weight is 626 g/mol. The summed E-state index contributed by atoms with van der Waals surface area (Å²) >= 11 is 0. The fourth-order valence-electron chi connectivity index (χ4n) is 6.07. The first-order valence-corrected chi connectivity index (χ1v) is 15.7. The molecule has 0 atom stereocenters. The molecule has 11 nitrogen and oxygen atoms in total. The summed E-state index contributed by atoms with van der Waals surface area (Å²) < 4.78 is 1.55. The van der Waals surface area contributed by atoms with Crippen LogP contribution in [0.25, 0.3) is 10.9 Å². The largest absolute Gasteiger partial charge is 0.389 e. The van der Waals surface area contributed by atoms with Crippen molar-refractivity contribution in [2.24, 2.45) is 0 Å². The zero-order valence-electron chi connectivity index (χ0n) is 26.9. The van der Waals surface area contributed by atoms with E-state index in [2.05, 4.69) is 25.8 Å². The number of nitrogens with one attached hydrogen (secondary N) is 3. The maximum absolute atomic E-state index is 13.2. The van der Waals surface area contributed by atoms with E-state index >= 15 is 0 Å². The second kappa shape index (κ2) is 14.1. The van der Waals surface area contributed by atoms with Crippen LogP contribution < -0.4 is 20.9 Å². The second-order valence-electron chi connectivity index (χ2n) is 12.5. The van der Waals surface area contributed by atoms with Crippen LogP contribution in [0.5, 0.6) is 0 Å². The number of aromatic nitrogens is 2. The first-order chi connectivity index (χ1) is 22.0. The van der Waals surface area contributed by atoms with Crippen molar-refractivity contribution in [1.82, 2.24) is 25.1 Å². The van der Waals surface area contributed by atoms with Crippen molar-refractivity contribution in [2.45, 2.75) is 45.1 Å². The van der Waals surface area contributed by atoms with E-state index in [4.69, 9.17) is 0 Å². The van der Waals surface area contributed by atoms with Crippen LogP contribution in [0.1, 0.15) is 55.5 Å². The van der Waals surface area contributed by atoms with Gasteiger partial charge in [0, 0.05) is 74.4 Å². The Bertz CT molecular complexity index is 1690. The highest BCUT2D eigenvalue weighted by molar-refractivity contribution is 6.04. The van der Waals surface area contributed by atoms with Crippen molar-refractivity contribution in [1.29, 1.82) is 0 Å². The summed E-state index contributed by atoms with van der Waals surface area (Å²) in [6, 6.07) is 18.9. The number of anilines is 3. The molecule has 0 radical (unpaired) electrons. The van der Waals surface area contributed by atoms with Crippen molar-refractivity contribution in [3.8, 4) is 0 Å². The average Bonchev–Trinajstić information content (AvgIpc) is 3.46. The zero-order valence-corrected chi connectivity index (χ0v) is 26.9. The fraction of sp³-hybridized carbons (Fsp3) is 0.371. The molecule has 0 spiro atoms. The lowest BCUT2D eigenvalue weighted by molar-refractivity contribution is -0.118. The first-order valence-electron chi connectivity index (χ1n) is 15.7. The van der Waals surface area contributed by atoms with Crippen molar-refractivity contribution in [3.05, 3.63) is 84.2 Å². The van der Waals surface area contributed by atoms with Gasteiger partial charge in [-0.05, 0) is 93.7 Å². The second-order valence-corrected chi connectivity index (χ2v) is 12.5. The van der Waals surface area contributed by atoms with Gasteiger partial charge < -0.3 is 30.9 Å². The number of benzene rings is 2. The van der Waals surface area contributed by atoms with Crippen LogP contribution in [0.2, 0.25) is 0 Å². The number of β-amino-alcohol motifs (C(OH)–C–C–N with tert-alkyl or cyclic N) is 1. The van der Waals surface area contributed by atoms with E-state index in [0.717, 1.165) is 48.2 Å². The van der Waals surface area contributed by atoms with Crippen LogP contribution in [0.15, 0.2) is 73.1 Å². The molecule has 0 saturated carbocycles. The lowest BCUT2D eigenvalue weighted by Crippen LogP contribution is -2.42. The Morgan fingerprint density at radius 1 is 1.00 bits per heavy atom.